The molecule has 7 nitrogen and oxygen atoms in total. The van der Waals surface area contributed by atoms with Crippen molar-refractivity contribution in [1.82, 2.24) is 9.82 Å². The summed E-state index contributed by atoms with van der Waals surface area (Å²) in [5.41, 5.74) is 1.45. The van der Waals surface area contributed by atoms with E-state index in [0.717, 1.165) is 0 Å². The van der Waals surface area contributed by atoms with Crippen LogP contribution < -0.4 is 4.83 Å². The topological polar surface area (TPSA) is 112 Å². The molecule has 0 radical (unpaired) electrons. The van der Waals surface area contributed by atoms with Crippen molar-refractivity contribution in [3.63, 3.8) is 0 Å². The van der Waals surface area contributed by atoms with Crippen LogP contribution in [0.4, 0.5) is 0 Å². The molecule has 0 unspecified atom stereocenters. The number of carboxylic acids is 1. The van der Waals surface area contributed by atoms with E-state index in [4.69, 9.17) is 5.11 Å². The van der Waals surface area contributed by atoms with Gasteiger partial charge in [-0.2, -0.15) is 18.4 Å². The number of aromatic amines is 1. The largest absolute Gasteiger partial charge is 0.477 e. The Labute approximate surface area is 127 Å². The number of nitrogens with zero attached hydrogens (tertiary/aromatic N) is 1. The monoisotopic (exact) mass is 321 g/mol. The first-order valence-electron chi connectivity index (χ1n) is 6.35. The number of hydrogen-bond donors (Lipinski definition) is 3. The van der Waals surface area contributed by atoms with Gasteiger partial charge in [0.1, 0.15) is 5.69 Å². The van der Waals surface area contributed by atoms with Crippen LogP contribution in [-0.4, -0.2) is 30.2 Å². The molecule has 2 aromatic rings. The molecule has 1 heterocycles. The van der Waals surface area contributed by atoms with Gasteiger partial charge in [0.05, 0.1) is 10.6 Å². The van der Waals surface area contributed by atoms with E-state index < -0.39 is 16.0 Å². The fourth-order valence-electron chi connectivity index (χ4n) is 1.83. The van der Waals surface area contributed by atoms with Crippen LogP contribution in [0.2, 0.25) is 0 Å². The number of nitrogens with one attached hydrogen (secondary N) is 2. The summed E-state index contributed by atoms with van der Waals surface area (Å²) in [5.74, 6) is -1.10. The van der Waals surface area contributed by atoms with E-state index >= 15 is 0 Å². The Kier molecular flexibility index (Phi) is 4.32. The molecule has 0 saturated carbocycles. The molecular weight excluding hydrogens is 306 g/mol. The van der Waals surface area contributed by atoms with E-state index in [1.807, 2.05) is 0 Å². The minimum absolute atomic E-state index is 0.00584. The third-order valence-electron chi connectivity index (χ3n) is 3.05. The van der Waals surface area contributed by atoms with Crippen molar-refractivity contribution in [2.45, 2.75) is 18.7 Å². The quantitative estimate of drug-likeness (QED) is 0.575. The van der Waals surface area contributed by atoms with Crippen LogP contribution in [0, 0.1) is 6.92 Å². The van der Waals surface area contributed by atoms with Gasteiger partial charge in [-0.1, -0.05) is 18.2 Å². The molecule has 0 atom stereocenters. The van der Waals surface area contributed by atoms with Gasteiger partial charge in [0.15, 0.2) is 0 Å². The molecule has 0 saturated heterocycles. The van der Waals surface area contributed by atoms with Gasteiger partial charge >= 0.3 is 5.97 Å². The van der Waals surface area contributed by atoms with Crippen LogP contribution >= 0.6 is 0 Å². The van der Waals surface area contributed by atoms with Gasteiger partial charge in [0.2, 0.25) is 0 Å². The zero-order chi connectivity index (χ0) is 16.3. The minimum Gasteiger partial charge on any atom is -0.477 e. The van der Waals surface area contributed by atoms with E-state index in [-0.39, 0.29) is 10.6 Å². The molecule has 1 aromatic heterocycles. The molecule has 0 fully saturated rings. The van der Waals surface area contributed by atoms with Gasteiger partial charge in [-0.3, -0.25) is 0 Å². The van der Waals surface area contributed by atoms with Crippen LogP contribution in [0.3, 0.4) is 0 Å². The molecule has 22 heavy (non-hydrogen) atoms. The first kappa shape index (κ1) is 15.8. The van der Waals surface area contributed by atoms with E-state index in [2.05, 4.69) is 14.9 Å². The predicted octanol–water partition coefficient (Wildman–Crippen LogP) is 1.72. The van der Waals surface area contributed by atoms with Crippen molar-refractivity contribution in [3.8, 4) is 0 Å². The Morgan fingerprint density at radius 1 is 1.32 bits per heavy atom. The van der Waals surface area contributed by atoms with E-state index in [0.29, 0.717) is 16.8 Å². The van der Waals surface area contributed by atoms with Crippen LogP contribution in [0.25, 0.3) is 0 Å². The molecule has 3 N–H and O–H groups in total. The van der Waals surface area contributed by atoms with Crippen molar-refractivity contribution in [1.29, 1.82) is 0 Å². The predicted molar refractivity (Wildman–Crippen MR) is 81.5 cm³/mol. The second kappa shape index (κ2) is 6.02. The second-order valence-electron chi connectivity index (χ2n) is 4.66. The number of hydrogen-bond acceptors (Lipinski definition) is 4. The highest BCUT2D eigenvalue weighted by Crippen LogP contribution is 2.14. The van der Waals surface area contributed by atoms with Gasteiger partial charge in [-0.25, -0.2) is 4.79 Å². The maximum Gasteiger partial charge on any atom is 0.352 e. The number of hydrazone groups is 1. The van der Waals surface area contributed by atoms with E-state index in [1.165, 1.54) is 18.3 Å². The molecular formula is C14H15N3O4S. The van der Waals surface area contributed by atoms with Crippen molar-refractivity contribution in [2.75, 3.05) is 0 Å². The number of carboxylic acid groups (broad SMARTS) is 1. The zero-order valence-electron chi connectivity index (χ0n) is 12.0. The Morgan fingerprint density at radius 2 is 2.00 bits per heavy atom. The number of aromatic nitrogens is 1. The lowest BCUT2D eigenvalue weighted by molar-refractivity contribution is 0.0691. The lowest BCUT2D eigenvalue weighted by Gasteiger charge is -2.07. The number of aromatic carboxylic acids is 1. The third kappa shape index (κ3) is 3.34. The summed E-state index contributed by atoms with van der Waals surface area (Å²) in [7, 11) is -3.77. The van der Waals surface area contributed by atoms with E-state index in [9.17, 15) is 13.2 Å². The average molecular weight is 321 g/mol. The molecule has 116 valence electrons. The van der Waals surface area contributed by atoms with Crippen LogP contribution in [0.5, 0.6) is 0 Å². The third-order valence-corrected chi connectivity index (χ3v) is 4.42. The smallest absolute Gasteiger partial charge is 0.352 e. The van der Waals surface area contributed by atoms with Gasteiger partial charge < -0.3 is 10.1 Å². The lowest BCUT2D eigenvalue weighted by atomic mass is 10.2. The van der Waals surface area contributed by atoms with Crippen molar-refractivity contribution in [3.05, 3.63) is 53.3 Å². The van der Waals surface area contributed by atoms with Crippen LogP contribution in [-0.2, 0) is 10.0 Å². The van der Waals surface area contributed by atoms with Crippen molar-refractivity contribution in [2.24, 2.45) is 5.10 Å². The summed E-state index contributed by atoms with van der Waals surface area (Å²) >= 11 is 0. The summed E-state index contributed by atoms with van der Waals surface area (Å²) in [6.45, 7) is 3.27. The molecule has 0 aliphatic carbocycles. The Hall–Kier alpha value is -2.61. The number of aryl methyl sites for hydroxylation is 1. The maximum atomic E-state index is 12.2. The Morgan fingerprint density at radius 3 is 2.59 bits per heavy atom. The lowest BCUT2D eigenvalue weighted by Crippen LogP contribution is -2.20. The Balaban J connectivity index is 2.23. The maximum absolute atomic E-state index is 12.2. The number of rotatable bonds is 5. The fraction of sp³-hybridized carbons (Fsp3) is 0.143. The number of H-pyrrole nitrogens is 1. The van der Waals surface area contributed by atoms with Gasteiger partial charge in [-0.15, -0.1) is 0 Å². The summed E-state index contributed by atoms with van der Waals surface area (Å²) in [6, 6.07) is 7.93. The van der Waals surface area contributed by atoms with Gasteiger partial charge in [-0.05, 0) is 31.5 Å². The minimum atomic E-state index is -3.77. The summed E-state index contributed by atoms with van der Waals surface area (Å²) in [6.07, 6.45) is 1.45. The summed E-state index contributed by atoms with van der Waals surface area (Å²) < 4.78 is 24.4. The molecule has 0 spiro atoms. The second-order valence-corrected chi connectivity index (χ2v) is 6.29. The normalized spacial score (nSPS) is 12.2. The molecule has 1 aromatic carbocycles. The standard InChI is InChI=1S/C14H15N3O4S/c1-9-5-3-4-6-13(9)22(20,21)17-16-10(2)11-7-12(14(18)19)15-8-11/h3-8,15,17H,1-2H3,(H,18,19). The SMILES string of the molecule is CC(=NNS(=O)(=O)c1ccccc1C)c1c[nH]c(C(=O)O)c1. The molecule has 0 aliphatic rings. The average Bonchev–Trinajstić information content (AvgIpc) is 2.95. The highest BCUT2D eigenvalue weighted by Gasteiger charge is 2.15. The number of carbonyl (C=O) groups is 1. The first-order valence-corrected chi connectivity index (χ1v) is 7.83. The van der Waals surface area contributed by atoms with E-state index in [1.54, 1.807) is 32.0 Å². The van der Waals surface area contributed by atoms with Crippen LogP contribution in [0.1, 0.15) is 28.5 Å². The highest BCUT2D eigenvalue weighted by molar-refractivity contribution is 7.89. The fourth-order valence-corrected chi connectivity index (χ4v) is 2.93. The number of sulfonamides is 1. The zero-order valence-corrected chi connectivity index (χ0v) is 12.8. The van der Waals surface area contributed by atoms with Crippen molar-refractivity contribution >= 4 is 21.7 Å². The number of benzene rings is 1. The summed E-state index contributed by atoms with van der Waals surface area (Å²) in [4.78, 5) is 15.7. The molecule has 0 aliphatic heterocycles. The molecule has 8 heteroatoms. The van der Waals surface area contributed by atoms with Crippen LogP contribution in [0.15, 0.2) is 46.5 Å². The van der Waals surface area contributed by atoms with Crippen molar-refractivity contribution < 1.29 is 18.3 Å². The Bertz CT molecular complexity index is 837. The highest BCUT2D eigenvalue weighted by atomic mass is 32.2. The molecule has 0 bridgehead atoms. The van der Waals surface area contributed by atoms with Gasteiger partial charge in [0.25, 0.3) is 10.0 Å². The summed E-state index contributed by atoms with van der Waals surface area (Å²) in [5, 5.41) is 12.7. The molecule has 0 amide bonds. The first-order chi connectivity index (χ1) is 10.3. The van der Waals surface area contributed by atoms with Gasteiger partial charge in [0, 0.05) is 11.8 Å². The molecule has 2 rings (SSSR count).